The van der Waals surface area contributed by atoms with Crippen LogP contribution >= 0.6 is 0 Å². The van der Waals surface area contributed by atoms with Crippen molar-refractivity contribution < 1.29 is 0 Å². The highest BCUT2D eigenvalue weighted by Crippen LogP contribution is 2.20. The Morgan fingerprint density at radius 3 is 2.68 bits per heavy atom. The van der Waals surface area contributed by atoms with Crippen molar-refractivity contribution in [3.8, 4) is 11.3 Å². The fourth-order valence-electron chi connectivity index (χ4n) is 2.20. The Morgan fingerprint density at radius 1 is 1.16 bits per heavy atom. The van der Waals surface area contributed by atoms with Gasteiger partial charge >= 0.3 is 0 Å². The molecule has 2 N–H and O–H groups in total. The van der Waals surface area contributed by atoms with Gasteiger partial charge in [0.1, 0.15) is 11.3 Å². The number of hydrogen-bond donors (Lipinski definition) is 2. The second-order valence-corrected chi connectivity index (χ2v) is 4.57. The van der Waals surface area contributed by atoms with Gasteiger partial charge in [0.2, 0.25) is 0 Å². The fourth-order valence-corrected chi connectivity index (χ4v) is 2.20. The maximum absolute atomic E-state index is 12.0. The van der Waals surface area contributed by atoms with Gasteiger partial charge in [0, 0.05) is 12.1 Å². The molecule has 4 nitrogen and oxygen atoms in total. The van der Waals surface area contributed by atoms with Crippen LogP contribution in [-0.4, -0.2) is 15.0 Å². The first kappa shape index (κ1) is 11.7. The summed E-state index contributed by atoms with van der Waals surface area (Å²) in [6.45, 7) is 2.07. The maximum Gasteiger partial charge on any atom is 0.275 e. The van der Waals surface area contributed by atoms with Gasteiger partial charge in [-0.3, -0.25) is 4.79 Å². The molecule has 96 valence electrons. The van der Waals surface area contributed by atoms with E-state index in [0.29, 0.717) is 5.52 Å². The smallest absolute Gasteiger partial charge is 0.275 e. The standard InChI is InChI=1S/C15H15N3O/c1-2-6-13-16-12-9-11(10-7-4-3-5-8-10)17-14(12)15(19)18-13/h3-5,7-9,17H,2,6H2,1H3,(H,16,18,19). The van der Waals surface area contributed by atoms with E-state index in [-0.39, 0.29) is 5.56 Å². The summed E-state index contributed by atoms with van der Waals surface area (Å²) < 4.78 is 0. The van der Waals surface area contributed by atoms with Crippen molar-refractivity contribution >= 4 is 11.0 Å². The lowest BCUT2D eigenvalue weighted by Crippen LogP contribution is -2.11. The van der Waals surface area contributed by atoms with Gasteiger partial charge in [-0.15, -0.1) is 0 Å². The first-order valence-electron chi connectivity index (χ1n) is 6.45. The highest BCUT2D eigenvalue weighted by Gasteiger charge is 2.08. The Morgan fingerprint density at radius 2 is 1.95 bits per heavy atom. The van der Waals surface area contributed by atoms with E-state index in [0.717, 1.165) is 35.4 Å². The number of nitrogens with zero attached hydrogens (tertiary/aromatic N) is 1. The lowest BCUT2D eigenvalue weighted by Gasteiger charge is -1.96. The Hall–Kier alpha value is -2.36. The monoisotopic (exact) mass is 253 g/mol. The lowest BCUT2D eigenvalue weighted by molar-refractivity contribution is 0.837. The fraction of sp³-hybridized carbons (Fsp3) is 0.200. The molecule has 3 aromatic rings. The van der Waals surface area contributed by atoms with Crippen molar-refractivity contribution in [3.63, 3.8) is 0 Å². The topological polar surface area (TPSA) is 61.5 Å². The van der Waals surface area contributed by atoms with Crippen molar-refractivity contribution in [2.75, 3.05) is 0 Å². The third-order valence-electron chi connectivity index (χ3n) is 3.11. The van der Waals surface area contributed by atoms with E-state index in [1.54, 1.807) is 0 Å². The second-order valence-electron chi connectivity index (χ2n) is 4.57. The molecule has 0 fully saturated rings. The molecule has 0 aliphatic rings. The van der Waals surface area contributed by atoms with Gasteiger partial charge in [-0.05, 0) is 18.1 Å². The summed E-state index contributed by atoms with van der Waals surface area (Å²) in [5.41, 5.74) is 3.14. The van der Waals surface area contributed by atoms with E-state index < -0.39 is 0 Å². The number of fused-ring (bicyclic) bond motifs is 1. The van der Waals surface area contributed by atoms with Gasteiger partial charge in [-0.1, -0.05) is 37.3 Å². The number of rotatable bonds is 3. The average Bonchev–Trinajstić information content (AvgIpc) is 2.85. The molecule has 4 heteroatoms. The van der Waals surface area contributed by atoms with Gasteiger partial charge in [-0.25, -0.2) is 4.98 Å². The number of aromatic amines is 2. The van der Waals surface area contributed by atoms with E-state index in [2.05, 4.69) is 21.9 Å². The van der Waals surface area contributed by atoms with Crippen LogP contribution in [-0.2, 0) is 6.42 Å². The highest BCUT2D eigenvalue weighted by atomic mass is 16.1. The molecule has 0 unspecified atom stereocenters. The van der Waals surface area contributed by atoms with Crippen LogP contribution in [0.3, 0.4) is 0 Å². The predicted octanol–water partition coefficient (Wildman–Crippen LogP) is 2.87. The van der Waals surface area contributed by atoms with Crippen molar-refractivity contribution in [2.24, 2.45) is 0 Å². The molecule has 3 rings (SSSR count). The maximum atomic E-state index is 12.0. The van der Waals surface area contributed by atoms with Gasteiger partial charge < -0.3 is 9.97 Å². The molecule has 2 heterocycles. The second kappa shape index (κ2) is 4.72. The lowest BCUT2D eigenvalue weighted by atomic mass is 10.2. The van der Waals surface area contributed by atoms with Crippen LogP contribution in [0.15, 0.2) is 41.2 Å². The molecule has 19 heavy (non-hydrogen) atoms. The molecule has 0 radical (unpaired) electrons. The van der Waals surface area contributed by atoms with Gasteiger partial charge in [0.15, 0.2) is 0 Å². The summed E-state index contributed by atoms with van der Waals surface area (Å²) in [7, 11) is 0. The van der Waals surface area contributed by atoms with Gasteiger partial charge in [0.05, 0.1) is 5.52 Å². The number of hydrogen-bond acceptors (Lipinski definition) is 2. The van der Waals surface area contributed by atoms with Crippen LogP contribution in [0.1, 0.15) is 19.2 Å². The van der Waals surface area contributed by atoms with Crippen molar-refractivity contribution in [1.82, 2.24) is 15.0 Å². The molecular formula is C15H15N3O. The molecule has 0 saturated heterocycles. The third kappa shape index (κ3) is 2.17. The van der Waals surface area contributed by atoms with Crippen LogP contribution < -0.4 is 5.56 Å². The highest BCUT2D eigenvalue weighted by molar-refractivity contribution is 5.81. The van der Waals surface area contributed by atoms with E-state index in [1.807, 2.05) is 36.4 Å². The number of H-pyrrole nitrogens is 2. The molecule has 0 bridgehead atoms. The molecule has 2 aromatic heterocycles. The van der Waals surface area contributed by atoms with E-state index >= 15 is 0 Å². The Balaban J connectivity index is 2.16. The van der Waals surface area contributed by atoms with Crippen LogP contribution in [0.5, 0.6) is 0 Å². The van der Waals surface area contributed by atoms with E-state index in [1.165, 1.54) is 0 Å². The number of aryl methyl sites for hydroxylation is 1. The molecule has 0 aliphatic heterocycles. The first-order chi connectivity index (χ1) is 9.28. The van der Waals surface area contributed by atoms with Crippen LogP contribution in [0, 0.1) is 0 Å². The largest absolute Gasteiger partial charge is 0.349 e. The summed E-state index contributed by atoms with van der Waals surface area (Å²) >= 11 is 0. The molecule has 0 saturated carbocycles. The molecule has 0 aliphatic carbocycles. The average molecular weight is 253 g/mol. The summed E-state index contributed by atoms with van der Waals surface area (Å²) in [6, 6.07) is 11.9. The summed E-state index contributed by atoms with van der Waals surface area (Å²) in [5, 5.41) is 0. The number of nitrogens with one attached hydrogen (secondary N) is 2. The van der Waals surface area contributed by atoms with Gasteiger partial charge in [0.25, 0.3) is 5.56 Å². The normalized spacial score (nSPS) is 11.0. The number of aromatic nitrogens is 3. The van der Waals surface area contributed by atoms with Crippen molar-refractivity contribution in [1.29, 1.82) is 0 Å². The number of benzene rings is 1. The Labute approximate surface area is 110 Å². The zero-order valence-electron chi connectivity index (χ0n) is 10.7. The third-order valence-corrected chi connectivity index (χ3v) is 3.11. The minimum atomic E-state index is -0.101. The predicted molar refractivity (Wildman–Crippen MR) is 76.1 cm³/mol. The SMILES string of the molecule is CCCc1nc2cc(-c3ccccc3)[nH]c2c(=O)[nH]1. The Bertz CT molecular complexity index is 756. The zero-order chi connectivity index (χ0) is 13.2. The van der Waals surface area contributed by atoms with Crippen LogP contribution in [0.4, 0.5) is 0 Å². The molecule has 0 amide bonds. The summed E-state index contributed by atoms with van der Waals surface area (Å²) in [6.07, 6.45) is 1.75. The van der Waals surface area contributed by atoms with Crippen LogP contribution in [0.25, 0.3) is 22.3 Å². The van der Waals surface area contributed by atoms with E-state index in [4.69, 9.17) is 0 Å². The molecule has 1 aromatic carbocycles. The zero-order valence-corrected chi connectivity index (χ0v) is 10.7. The van der Waals surface area contributed by atoms with E-state index in [9.17, 15) is 4.79 Å². The van der Waals surface area contributed by atoms with Crippen LogP contribution in [0.2, 0.25) is 0 Å². The van der Waals surface area contributed by atoms with Crippen molar-refractivity contribution in [3.05, 3.63) is 52.6 Å². The molecule has 0 spiro atoms. The minimum absolute atomic E-state index is 0.101. The summed E-state index contributed by atoms with van der Waals surface area (Å²) in [5.74, 6) is 0.749. The van der Waals surface area contributed by atoms with Crippen molar-refractivity contribution in [2.45, 2.75) is 19.8 Å². The first-order valence-corrected chi connectivity index (χ1v) is 6.45. The molecule has 0 atom stereocenters. The minimum Gasteiger partial charge on any atom is -0.349 e. The molecular weight excluding hydrogens is 238 g/mol. The summed E-state index contributed by atoms with van der Waals surface area (Å²) in [4.78, 5) is 22.4. The van der Waals surface area contributed by atoms with Gasteiger partial charge in [-0.2, -0.15) is 0 Å². The quantitative estimate of drug-likeness (QED) is 0.754. The Kier molecular flexibility index (Phi) is 2.91.